The lowest BCUT2D eigenvalue weighted by Crippen LogP contribution is -2.62. The van der Waals surface area contributed by atoms with Crippen molar-refractivity contribution in [2.75, 3.05) is 0 Å². The molecule has 4 rings (SSSR count). The molecule has 10 atom stereocenters. The van der Waals surface area contributed by atoms with E-state index in [1.54, 1.807) is 26.8 Å². The summed E-state index contributed by atoms with van der Waals surface area (Å²) in [5.74, 6) is -0.948. The summed E-state index contributed by atoms with van der Waals surface area (Å²) < 4.78 is 0. The van der Waals surface area contributed by atoms with Crippen molar-refractivity contribution in [3.63, 3.8) is 0 Å². The van der Waals surface area contributed by atoms with Crippen LogP contribution in [0.15, 0.2) is 11.6 Å². The molecule has 0 aromatic heterocycles. The smallest absolute Gasteiger partial charge is 0.159 e. The number of rotatable bonds is 5. The maximum Gasteiger partial charge on any atom is 0.159 e. The van der Waals surface area contributed by atoms with Crippen LogP contribution < -0.4 is 0 Å². The van der Waals surface area contributed by atoms with Crippen molar-refractivity contribution in [3.8, 4) is 0 Å². The molecule has 0 aliphatic heterocycles. The van der Waals surface area contributed by atoms with Gasteiger partial charge in [-0.3, -0.25) is 4.79 Å². The summed E-state index contributed by atoms with van der Waals surface area (Å²) in [6.45, 7) is 8.96. The third-order valence-electron chi connectivity index (χ3n) is 10.5. The lowest BCUT2D eigenvalue weighted by atomic mass is 9.45. The Morgan fingerprint density at radius 3 is 2.32 bits per heavy atom. The maximum atomic E-state index is 13.2. The molecule has 34 heavy (non-hydrogen) atoms. The largest absolute Gasteiger partial charge is 0.390 e. The fourth-order valence-electron chi connectivity index (χ4n) is 8.32. The average Bonchev–Trinajstić information content (AvgIpc) is 3.00. The fourth-order valence-corrected chi connectivity index (χ4v) is 8.32. The number of allylic oxidation sites excluding steroid dienone is 1. The first-order valence-corrected chi connectivity index (χ1v) is 12.9. The van der Waals surface area contributed by atoms with Gasteiger partial charge in [0.1, 0.15) is 0 Å². The van der Waals surface area contributed by atoms with Crippen LogP contribution >= 0.6 is 0 Å². The van der Waals surface area contributed by atoms with Crippen LogP contribution in [-0.2, 0) is 4.79 Å². The minimum Gasteiger partial charge on any atom is -0.390 e. The van der Waals surface area contributed by atoms with Gasteiger partial charge in [0, 0.05) is 11.3 Å². The Bertz CT molecular complexity index is 860. The molecule has 0 spiro atoms. The van der Waals surface area contributed by atoms with Gasteiger partial charge in [0.25, 0.3) is 0 Å². The highest BCUT2D eigenvalue weighted by atomic mass is 16.3. The molecule has 0 aromatic rings. The Morgan fingerprint density at radius 1 is 1.06 bits per heavy atom. The summed E-state index contributed by atoms with van der Waals surface area (Å²) in [6.07, 6.45) is 2.11. The quantitative estimate of drug-likeness (QED) is 0.353. The lowest BCUT2D eigenvalue weighted by molar-refractivity contribution is -0.177. The molecule has 194 valence electrons. The van der Waals surface area contributed by atoms with E-state index in [-0.39, 0.29) is 36.4 Å². The summed E-state index contributed by atoms with van der Waals surface area (Å²) in [4.78, 5) is 13.2. The van der Waals surface area contributed by atoms with E-state index in [1.807, 2.05) is 13.8 Å². The van der Waals surface area contributed by atoms with Crippen molar-refractivity contribution in [2.45, 2.75) is 121 Å². The van der Waals surface area contributed by atoms with E-state index in [0.717, 1.165) is 0 Å². The molecule has 0 heterocycles. The van der Waals surface area contributed by atoms with Crippen LogP contribution in [-0.4, -0.2) is 71.5 Å². The van der Waals surface area contributed by atoms with Crippen LogP contribution in [0.4, 0.5) is 0 Å². The van der Waals surface area contributed by atoms with Gasteiger partial charge >= 0.3 is 0 Å². The molecule has 4 aliphatic rings. The molecule has 7 nitrogen and oxygen atoms in total. The zero-order valence-corrected chi connectivity index (χ0v) is 21.3. The third-order valence-corrected chi connectivity index (χ3v) is 10.5. The molecule has 0 bridgehead atoms. The Balaban J connectivity index is 1.66. The average molecular weight is 481 g/mol. The molecule has 0 amide bonds. The third kappa shape index (κ3) is 3.73. The zero-order chi connectivity index (χ0) is 25.5. The van der Waals surface area contributed by atoms with Crippen molar-refractivity contribution in [1.82, 2.24) is 0 Å². The molecular formula is C27H44O7. The molecular weight excluding hydrogens is 436 g/mol. The second-order valence-corrected chi connectivity index (χ2v) is 13.2. The van der Waals surface area contributed by atoms with E-state index >= 15 is 0 Å². The van der Waals surface area contributed by atoms with Gasteiger partial charge in [-0.1, -0.05) is 13.8 Å². The van der Waals surface area contributed by atoms with Gasteiger partial charge in [-0.25, -0.2) is 0 Å². The topological polar surface area (TPSA) is 138 Å². The van der Waals surface area contributed by atoms with Crippen molar-refractivity contribution in [2.24, 2.45) is 28.6 Å². The zero-order valence-electron chi connectivity index (χ0n) is 21.3. The number of hydrogen-bond acceptors (Lipinski definition) is 7. The molecule has 0 aromatic carbocycles. The molecule has 7 heteroatoms. The summed E-state index contributed by atoms with van der Waals surface area (Å²) in [5, 5.41) is 65.5. The highest BCUT2D eigenvalue weighted by Gasteiger charge is 2.69. The van der Waals surface area contributed by atoms with Crippen molar-refractivity contribution in [3.05, 3.63) is 11.6 Å². The monoisotopic (exact) mass is 480 g/mol. The Labute approximate surface area is 202 Å². The van der Waals surface area contributed by atoms with Gasteiger partial charge < -0.3 is 30.6 Å². The second-order valence-electron chi connectivity index (χ2n) is 13.2. The number of fused-ring (bicyclic) bond motifs is 5. The van der Waals surface area contributed by atoms with Crippen LogP contribution in [0, 0.1) is 28.6 Å². The SMILES string of the molecule is CC(C)(O)CC[C@H](O)[C@](C)(O)[C@@H]1CC[C@]2(O)C3=CC(=O)[C@@H]4C[C@H](O)[C@H](O)C[C@]4(C)[C@@H]3CC[C@]12C. The molecule has 0 radical (unpaired) electrons. The minimum atomic E-state index is -1.46. The second kappa shape index (κ2) is 8.09. The standard InChI is InChI=1S/C27H44O7/c1-23(2,32)9-8-22(31)26(5,33)21-7-11-27(34)16-12-18(28)17-13-19(29)20(30)14-24(17,3)15(16)6-10-25(21,27)4/h12,15,17,19-22,29-34H,6-11,13-14H2,1-5H3/t15-,17+,19+,20-,21-,22+,24-,25-,26-,27+/m1/s1. The Kier molecular flexibility index (Phi) is 6.24. The van der Waals surface area contributed by atoms with Crippen LogP contribution in [0.5, 0.6) is 0 Å². The van der Waals surface area contributed by atoms with Crippen molar-refractivity contribution in [1.29, 1.82) is 0 Å². The van der Waals surface area contributed by atoms with E-state index in [4.69, 9.17) is 0 Å². The van der Waals surface area contributed by atoms with E-state index in [9.17, 15) is 35.4 Å². The maximum absolute atomic E-state index is 13.2. The molecule has 3 fully saturated rings. The van der Waals surface area contributed by atoms with Crippen LogP contribution in [0.2, 0.25) is 0 Å². The van der Waals surface area contributed by atoms with Gasteiger partial charge in [0.15, 0.2) is 5.78 Å². The fraction of sp³-hybridized carbons (Fsp3) is 0.889. The van der Waals surface area contributed by atoms with Gasteiger partial charge in [0.05, 0.1) is 35.1 Å². The van der Waals surface area contributed by atoms with E-state index < -0.39 is 45.9 Å². The predicted molar refractivity (Wildman–Crippen MR) is 127 cm³/mol. The van der Waals surface area contributed by atoms with Crippen LogP contribution in [0.3, 0.4) is 0 Å². The summed E-state index contributed by atoms with van der Waals surface area (Å²) >= 11 is 0. The van der Waals surface area contributed by atoms with Gasteiger partial charge in [-0.15, -0.1) is 0 Å². The Hall–Kier alpha value is -0.830. The number of carbonyl (C=O) groups excluding carboxylic acids is 1. The first kappa shape index (κ1) is 26.2. The molecule has 0 unspecified atom stereocenters. The van der Waals surface area contributed by atoms with Crippen molar-refractivity contribution < 1.29 is 35.4 Å². The number of carbonyl (C=O) groups is 1. The summed E-state index contributed by atoms with van der Waals surface area (Å²) in [7, 11) is 0. The number of hydrogen-bond donors (Lipinski definition) is 6. The van der Waals surface area contributed by atoms with Crippen molar-refractivity contribution >= 4 is 5.78 Å². The minimum absolute atomic E-state index is 0.0840. The molecule has 3 saturated carbocycles. The number of aliphatic hydroxyl groups excluding tert-OH is 3. The van der Waals surface area contributed by atoms with Crippen LogP contribution in [0.1, 0.15) is 86.0 Å². The van der Waals surface area contributed by atoms with Gasteiger partial charge in [0.2, 0.25) is 0 Å². The molecule has 0 saturated heterocycles. The van der Waals surface area contributed by atoms with Crippen LogP contribution in [0.25, 0.3) is 0 Å². The first-order chi connectivity index (χ1) is 15.5. The highest BCUT2D eigenvalue weighted by molar-refractivity contribution is 5.95. The first-order valence-electron chi connectivity index (χ1n) is 12.9. The van der Waals surface area contributed by atoms with E-state index in [2.05, 4.69) is 0 Å². The molecule has 6 N–H and O–H groups in total. The normalized spacial score (nSPS) is 47.2. The summed E-state index contributed by atoms with van der Waals surface area (Å²) in [6, 6.07) is 0. The van der Waals surface area contributed by atoms with E-state index in [1.165, 1.54) is 0 Å². The van der Waals surface area contributed by atoms with Gasteiger partial charge in [-0.2, -0.15) is 0 Å². The number of ketones is 1. The van der Waals surface area contributed by atoms with E-state index in [0.29, 0.717) is 44.1 Å². The predicted octanol–water partition coefficient (Wildman–Crippen LogP) is 1.85. The lowest BCUT2D eigenvalue weighted by Gasteiger charge is -2.60. The summed E-state index contributed by atoms with van der Waals surface area (Å²) in [5.41, 5.74) is -4.27. The van der Waals surface area contributed by atoms with Gasteiger partial charge in [-0.05, 0) is 101 Å². The molecule has 4 aliphatic carbocycles. The Morgan fingerprint density at radius 2 is 1.71 bits per heavy atom. The highest BCUT2D eigenvalue weighted by Crippen LogP contribution is 2.68. The number of aliphatic hydroxyl groups is 6.